The highest BCUT2D eigenvalue weighted by Gasteiger charge is 2.54. The Morgan fingerprint density at radius 1 is 0.341 bits per heavy atom. The van der Waals surface area contributed by atoms with Crippen molar-refractivity contribution in [1.29, 1.82) is 0 Å². The Labute approximate surface area is 237 Å². The van der Waals surface area contributed by atoms with Crippen LogP contribution in [0.1, 0.15) is 22.3 Å². The lowest BCUT2D eigenvalue weighted by Crippen LogP contribution is -2.43. The van der Waals surface area contributed by atoms with Crippen molar-refractivity contribution in [1.82, 2.24) is 0 Å². The first kappa shape index (κ1) is 21.4. The minimum Gasteiger partial charge on any atom is -0.453 e. The molecule has 0 saturated carbocycles. The lowest BCUT2D eigenvalue weighted by Gasteiger charge is -2.53. The summed E-state index contributed by atoms with van der Waals surface area (Å²) < 4.78 is 13.2. The van der Waals surface area contributed by atoms with Gasteiger partial charge in [-0.3, -0.25) is 0 Å². The first-order valence-electron chi connectivity index (χ1n) is 14.0. The van der Waals surface area contributed by atoms with Gasteiger partial charge in [0.2, 0.25) is 0 Å². The van der Waals surface area contributed by atoms with E-state index in [1.807, 2.05) is 24.3 Å². The van der Waals surface area contributed by atoms with Crippen LogP contribution in [0.3, 0.4) is 0 Å². The van der Waals surface area contributed by atoms with Crippen LogP contribution in [0.4, 0.5) is 34.1 Å². The summed E-state index contributed by atoms with van der Waals surface area (Å²) in [5.41, 5.74) is 10.8. The maximum absolute atomic E-state index is 6.60. The Morgan fingerprint density at radius 3 is 1.20 bits per heavy atom. The van der Waals surface area contributed by atoms with Crippen molar-refractivity contribution >= 4 is 34.1 Å². The maximum Gasteiger partial charge on any atom is 0.151 e. The number of hydrogen-bond donors (Lipinski definition) is 0. The molecule has 0 saturated heterocycles. The Bertz CT molecular complexity index is 1950. The molecule has 0 unspecified atom stereocenters. The maximum atomic E-state index is 6.60. The number of anilines is 6. The van der Waals surface area contributed by atoms with E-state index in [0.29, 0.717) is 0 Å². The van der Waals surface area contributed by atoms with Gasteiger partial charge in [-0.1, -0.05) is 84.9 Å². The Kier molecular flexibility index (Phi) is 3.84. The summed E-state index contributed by atoms with van der Waals surface area (Å²) in [6.07, 6.45) is 0. The molecule has 0 atom stereocenters. The van der Waals surface area contributed by atoms with Crippen molar-refractivity contribution < 1.29 is 9.47 Å². The van der Waals surface area contributed by atoms with Crippen LogP contribution in [0.25, 0.3) is 0 Å². The van der Waals surface area contributed by atoms with Crippen LogP contribution in [0.15, 0.2) is 133 Å². The largest absolute Gasteiger partial charge is 0.453 e. The normalized spacial score (nSPS) is 15.3. The lowest BCUT2D eigenvalue weighted by molar-refractivity contribution is 0.470. The van der Waals surface area contributed by atoms with Crippen LogP contribution in [0.5, 0.6) is 23.0 Å². The van der Waals surface area contributed by atoms with Crippen molar-refractivity contribution in [2.24, 2.45) is 0 Å². The van der Waals surface area contributed by atoms with E-state index >= 15 is 0 Å². The molecule has 4 aliphatic rings. The van der Waals surface area contributed by atoms with Gasteiger partial charge in [-0.15, -0.1) is 0 Å². The quantitative estimate of drug-likeness (QED) is 0.196. The average molecular weight is 527 g/mol. The fraction of sp³-hybridized carbons (Fsp3) is 0.0270. The Hall–Kier alpha value is -5.48. The van der Waals surface area contributed by atoms with Crippen molar-refractivity contribution in [3.8, 4) is 23.0 Å². The van der Waals surface area contributed by atoms with Gasteiger partial charge in [0.15, 0.2) is 23.0 Å². The molecule has 0 aliphatic carbocycles. The molecule has 4 heterocycles. The number of ether oxygens (including phenoxy) is 2. The SMILES string of the molecule is c1ccc2c(c1)Oc1cccc3c1N2c1ccccc1C31c2ccccc2N2c3ccccc3Oc3cccc1c32. The number of fused-ring (bicyclic) bond motifs is 12. The third kappa shape index (κ3) is 2.43. The minimum absolute atomic E-state index is 0.595. The molecule has 0 amide bonds. The van der Waals surface area contributed by atoms with Crippen LogP contribution in [-0.2, 0) is 5.41 Å². The molecule has 4 heteroatoms. The van der Waals surface area contributed by atoms with E-state index < -0.39 is 5.41 Å². The Morgan fingerprint density at radius 2 is 0.707 bits per heavy atom. The summed E-state index contributed by atoms with van der Waals surface area (Å²) in [4.78, 5) is 4.78. The molecule has 0 N–H and O–H groups in total. The number of hydrogen-bond acceptors (Lipinski definition) is 4. The van der Waals surface area contributed by atoms with Gasteiger partial charge in [-0.25, -0.2) is 0 Å². The highest BCUT2D eigenvalue weighted by molar-refractivity contribution is 6.01. The monoisotopic (exact) mass is 526 g/mol. The van der Waals surface area contributed by atoms with Crippen LogP contribution >= 0.6 is 0 Å². The summed E-state index contributed by atoms with van der Waals surface area (Å²) in [6.45, 7) is 0. The van der Waals surface area contributed by atoms with Gasteiger partial charge >= 0.3 is 0 Å². The zero-order valence-electron chi connectivity index (χ0n) is 21.9. The van der Waals surface area contributed by atoms with Gasteiger partial charge in [0.1, 0.15) is 0 Å². The highest BCUT2D eigenvalue weighted by atomic mass is 16.5. The number of nitrogens with zero attached hydrogens (tertiary/aromatic N) is 2. The van der Waals surface area contributed by atoms with E-state index in [1.54, 1.807) is 0 Å². The van der Waals surface area contributed by atoms with Gasteiger partial charge in [0.05, 0.1) is 39.5 Å². The van der Waals surface area contributed by atoms with Crippen LogP contribution in [0, 0.1) is 0 Å². The van der Waals surface area contributed by atoms with E-state index in [-0.39, 0.29) is 0 Å². The van der Waals surface area contributed by atoms with E-state index in [1.165, 1.54) is 22.3 Å². The second-order valence-electron chi connectivity index (χ2n) is 10.9. The van der Waals surface area contributed by atoms with Gasteiger partial charge < -0.3 is 19.3 Å². The van der Waals surface area contributed by atoms with Crippen LogP contribution in [0.2, 0.25) is 0 Å². The summed E-state index contributed by atoms with van der Waals surface area (Å²) in [5, 5.41) is 0. The van der Waals surface area contributed by atoms with Crippen LogP contribution < -0.4 is 19.3 Å². The van der Waals surface area contributed by atoms with E-state index in [2.05, 4.69) is 119 Å². The molecule has 6 aromatic rings. The smallest absolute Gasteiger partial charge is 0.151 e. The molecular formula is C37H22N2O2. The molecule has 10 rings (SSSR count). The van der Waals surface area contributed by atoms with Crippen molar-refractivity contribution in [2.45, 2.75) is 5.41 Å². The third-order valence-corrected chi connectivity index (χ3v) is 9.00. The van der Waals surface area contributed by atoms with Gasteiger partial charge in [0.25, 0.3) is 0 Å². The predicted octanol–water partition coefficient (Wildman–Crippen LogP) is 9.85. The zero-order valence-corrected chi connectivity index (χ0v) is 21.9. The number of benzene rings is 6. The molecule has 4 nitrogen and oxygen atoms in total. The number of rotatable bonds is 0. The number of para-hydroxylation sites is 8. The third-order valence-electron chi connectivity index (χ3n) is 9.00. The molecule has 41 heavy (non-hydrogen) atoms. The predicted molar refractivity (Wildman–Crippen MR) is 161 cm³/mol. The van der Waals surface area contributed by atoms with Crippen molar-refractivity contribution in [3.05, 3.63) is 156 Å². The van der Waals surface area contributed by atoms with E-state index in [0.717, 1.165) is 57.1 Å². The Balaban J connectivity index is 1.40. The molecule has 0 radical (unpaired) electrons. The summed E-state index contributed by atoms with van der Waals surface area (Å²) >= 11 is 0. The summed E-state index contributed by atoms with van der Waals surface area (Å²) in [7, 11) is 0. The standard InChI is InChI=1S/C37H22N2O2/c1-3-15-27-23(11-1)37(25-13-9-21-33-35(25)38(27)29-17-5-7-19-31(29)40-33)24-12-2-4-16-28(24)39-30-18-6-8-20-32(30)41-34-22-10-14-26(37)36(34)39/h1-22H. The molecule has 6 aromatic carbocycles. The molecule has 0 bridgehead atoms. The molecule has 4 aliphatic heterocycles. The van der Waals surface area contributed by atoms with E-state index in [9.17, 15) is 0 Å². The molecule has 192 valence electrons. The summed E-state index contributed by atoms with van der Waals surface area (Å²) in [5.74, 6) is 3.45. The fourth-order valence-electron chi connectivity index (χ4n) is 7.55. The molecular weight excluding hydrogens is 504 g/mol. The zero-order chi connectivity index (χ0) is 26.7. The van der Waals surface area contributed by atoms with Crippen molar-refractivity contribution in [3.63, 3.8) is 0 Å². The fourth-order valence-corrected chi connectivity index (χ4v) is 7.55. The first-order valence-corrected chi connectivity index (χ1v) is 14.0. The van der Waals surface area contributed by atoms with E-state index in [4.69, 9.17) is 9.47 Å². The highest BCUT2D eigenvalue weighted by Crippen LogP contribution is 2.69. The minimum atomic E-state index is -0.595. The second kappa shape index (κ2) is 7.38. The van der Waals surface area contributed by atoms with Gasteiger partial charge in [-0.2, -0.15) is 0 Å². The molecule has 0 fully saturated rings. The van der Waals surface area contributed by atoms with Crippen LogP contribution in [-0.4, -0.2) is 0 Å². The summed E-state index contributed by atoms with van der Waals surface area (Å²) in [6, 6.07) is 47.3. The molecule has 0 aromatic heterocycles. The van der Waals surface area contributed by atoms with Gasteiger partial charge in [-0.05, 0) is 70.8 Å². The average Bonchev–Trinajstić information content (AvgIpc) is 3.03. The van der Waals surface area contributed by atoms with Gasteiger partial charge in [0, 0.05) is 0 Å². The topological polar surface area (TPSA) is 24.9 Å². The first-order chi connectivity index (χ1) is 20.4. The van der Waals surface area contributed by atoms with Crippen molar-refractivity contribution in [2.75, 3.05) is 9.80 Å². The molecule has 1 spiro atoms. The lowest BCUT2D eigenvalue weighted by atomic mass is 9.59. The second-order valence-corrected chi connectivity index (χ2v) is 10.9.